The molecule has 0 radical (unpaired) electrons. The highest BCUT2D eigenvalue weighted by atomic mass is 16.6. The number of aromatic nitrogens is 3. The molecule has 0 fully saturated rings. The van der Waals surface area contributed by atoms with Gasteiger partial charge in [-0.2, -0.15) is 5.10 Å². The molecule has 160 valence electrons. The average molecular weight is 412 g/mol. The molecule has 0 atom stereocenters. The third-order valence-electron chi connectivity index (χ3n) is 4.15. The van der Waals surface area contributed by atoms with Crippen molar-refractivity contribution in [2.45, 2.75) is 39.7 Å². The lowest BCUT2D eigenvalue weighted by Gasteiger charge is -2.19. The van der Waals surface area contributed by atoms with Crippen LogP contribution in [0.5, 0.6) is 11.5 Å². The van der Waals surface area contributed by atoms with Gasteiger partial charge in [0.15, 0.2) is 17.1 Å². The molecule has 0 saturated carbocycles. The summed E-state index contributed by atoms with van der Waals surface area (Å²) < 4.78 is 18.3. The Bertz CT molecular complexity index is 1020. The molecule has 1 N–H and O–H groups in total. The van der Waals surface area contributed by atoms with Crippen LogP contribution in [0.1, 0.15) is 32.9 Å². The number of imidazole rings is 1. The maximum atomic E-state index is 11.6. The quantitative estimate of drug-likeness (QED) is 0.590. The summed E-state index contributed by atoms with van der Waals surface area (Å²) in [6.45, 7) is 8.32. The summed E-state index contributed by atoms with van der Waals surface area (Å²) in [6.07, 6.45) is 2.10. The molecule has 0 bridgehead atoms. The average Bonchev–Trinajstić information content (AvgIpc) is 3.05. The van der Waals surface area contributed by atoms with Gasteiger partial charge in [-0.05, 0) is 64.4 Å². The Balaban J connectivity index is 1.58. The fourth-order valence-corrected chi connectivity index (χ4v) is 2.86. The molecule has 0 unspecified atom stereocenters. The summed E-state index contributed by atoms with van der Waals surface area (Å²) in [5, 5.41) is 7.32. The Labute approximate surface area is 176 Å². The van der Waals surface area contributed by atoms with Crippen LogP contribution in [0.2, 0.25) is 0 Å². The standard InChI is InChI=1S/C22H28N4O4/c1-15-14-26-20(24-15)10-8-17(25-26)16-7-9-18(19(13-16)28-5)29-12-6-11-23-21(27)30-22(2,3)4/h7-10,13-14H,6,11-12H2,1-5H3,(H,23,27). The summed E-state index contributed by atoms with van der Waals surface area (Å²) in [6, 6.07) is 9.56. The number of benzene rings is 1. The molecule has 0 aliphatic carbocycles. The number of ether oxygens (including phenoxy) is 3. The van der Waals surface area contributed by atoms with E-state index in [4.69, 9.17) is 14.2 Å². The van der Waals surface area contributed by atoms with E-state index in [-0.39, 0.29) is 0 Å². The van der Waals surface area contributed by atoms with Gasteiger partial charge in [0.25, 0.3) is 0 Å². The van der Waals surface area contributed by atoms with Crippen LogP contribution in [0.3, 0.4) is 0 Å². The fourth-order valence-electron chi connectivity index (χ4n) is 2.86. The molecule has 0 spiro atoms. The van der Waals surface area contributed by atoms with Gasteiger partial charge in [-0.1, -0.05) is 0 Å². The minimum Gasteiger partial charge on any atom is -0.493 e. The molecular weight excluding hydrogens is 384 g/mol. The van der Waals surface area contributed by atoms with Crippen LogP contribution in [0, 0.1) is 6.92 Å². The van der Waals surface area contributed by atoms with Crippen LogP contribution < -0.4 is 14.8 Å². The molecule has 8 nitrogen and oxygen atoms in total. The van der Waals surface area contributed by atoms with E-state index in [1.807, 2.05) is 64.2 Å². The molecule has 0 saturated heterocycles. The highest BCUT2D eigenvalue weighted by Gasteiger charge is 2.15. The number of hydrogen-bond donors (Lipinski definition) is 1. The Hall–Kier alpha value is -3.29. The van der Waals surface area contributed by atoms with E-state index in [1.165, 1.54) is 0 Å². The largest absolute Gasteiger partial charge is 0.493 e. The first-order valence-electron chi connectivity index (χ1n) is 9.86. The number of rotatable bonds is 7. The summed E-state index contributed by atoms with van der Waals surface area (Å²) in [4.78, 5) is 16.0. The number of aryl methyl sites for hydroxylation is 1. The molecule has 2 aromatic heterocycles. The zero-order valence-electron chi connectivity index (χ0n) is 18.1. The van der Waals surface area contributed by atoms with Gasteiger partial charge in [0.1, 0.15) is 5.60 Å². The number of fused-ring (bicyclic) bond motifs is 1. The van der Waals surface area contributed by atoms with Crippen molar-refractivity contribution in [3.8, 4) is 22.8 Å². The van der Waals surface area contributed by atoms with Crippen LogP contribution in [0.15, 0.2) is 36.5 Å². The second kappa shape index (κ2) is 9.02. The number of nitrogens with one attached hydrogen (secondary N) is 1. The summed E-state index contributed by atoms with van der Waals surface area (Å²) in [7, 11) is 1.60. The van der Waals surface area contributed by atoms with E-state index in [0.717, 1.165) is 22.6 Å². The monoisotopic (exact) mass is 412 g/mol. The molecule has 0 aliphatic heterocycles. The number of alkyl carbamates (subject to hydrolysis) is 1. The first-order chi connectivity index (χ1) is 14.2. The van der Waals surface area contributed by atoms with Gasteiger partial charge < -0.3 is 19.5 Å². The van der Waals surface area contributed by atoms with E-state index in [9.17, 15) is 4.79 Å². The first kappa shape index (κ1) is 21.4. The van der Waals surface area contributed by atoms with Gasteiger partial charge in [0, 0.05) is 12.1 Å². The first-order valence-corrected chi connectivity index (χ1v) is 9.86. The minimum absolute atomic E-state index is 0.429. The van der Waals surface area contributed by atoms with Gasteiger partial charge in [-0.15, -0.1) is 0 Å². The molecule has 8 heteroatoms. The van der Waals surface area contributed by atoms with E-state index >= 15 is 0 Å². The van der Waals surface area contributed by atoms with Crippen LogP contribution >= 0.6 is 0 Å². The Morgan fingerprint density at radius 2 is 1.97 bits per heavy atom. The number of nitrogens with zero attached hydrogens (tertiary/aromatic N) is 3. The van der Waals surface area contributed by atoms with Gasteiger partial charge in [-0.25, -0.2) is 14.3 Å². The number of amides is 1. The third-order valence-corrected chi connectivity index (χ3v) is 4.15. The van der Waals surface area contributed by atoms with Crippen LogP contribution in [0.25, 0.3) is 16.9 Å². The van der Waals surface area contributed by atoms with E-state index in [2.05, 4.69) is 15.4 Å². The van der Waals surface area contributed by atoms with Crippen LogP contribution in [-0.2, 0) is 4.74 Å². The molecule has 0 aliphatic rings. The Morgan fingerprint density at radius 3 is 2.70 bits per heavy atom. The van der Waals surface area contributed by atoms with Gasteiger partial charge in [0.05, 0.1) is 31.3 Å². The van der Waals surface area contributed by atoms with Crippen molar-refractivity contribution in [2.75, 3.05) is 20.3 Å². The number of carbonyl (C=O) groups is 1. The lowest BCUT2D eigenvalue weighted by molar-refractivity contribution is 0.0525. The van der Waals surface area contributed by atoms with Crippen LogP contribution in [0.4, 0.5) is 4.79 Å². The van der Waals surface area contributed by atoms with Gasteiger partial charge >= 0.3 is 6.09 Å². The molecule has 30 heavy (non-hydrogen) atoms. The number of carbonyl (C=O) groups excluding carboxylic acids is 1. The molecule has 2 heterocycles. The van der Waals surface area contributed by atoms with Gasteiger partial charge in [0.2, 0.25) is 0 Å². The van der Waals surface area contributed by atoms with Crippen molar-refractivity contribution in [3.63, 3.8) is 0 Å². The molecule has 1 amide bonds. The lowest BCUT2D eigenvalue weighted by atomic mass is 10.1. The fraction of sp³-hybridized carbons (Fsp3) is 0.409. The number of hydrogen-bond acceptors (Lipinski definition) is 6. The Morgan fingerprint density at radius 1 is 1.17 bits per heavy atom. The van der Waals surface area contributed by atoms with Crippen molar-refractivity contribution in [3.05, 3.63) is 42.2 Å². The van der Waals surface area contributed by atoms with E-state index in [1.54, 1.807) is 11.6 Å². The minimum atomic E-state index is -0.508. The second-order valence-electron chi connectivity index (χ2n) is 7.90. The molecule has 1 aromatic carbocycles. The Kier molecular flexibility index (Phi) is 6.44. The normalized spacial score (nSPS) is 11.4. The molecular formula is C22H28N4O4. The van der Waals surface area contributed by atoms with Crippen molar-refractivity contribution in [1.29, 1.82) is 0 Å². The topological polar surface area (TPSA) is 87.0 Å². The lowest BCUT2D eigenvalue weighted by Crippen LogP contribution is -2.33. The maximum absolute atomic E-state index is 11.6. The SMILES string of the molecule is COc1cc(-c2ccc3nc(C)cn3n2)ccc1OCCCNC(=O)OC(C)(C)C. The molecule has 3 rings (SSSR count). The highest BCUT2D eigenvalue weighted by Crippen LogP contribution is 2.32. The van der Waals surface area contributed by atoms with Crippen LogP contribution in [-0.4, -0.2) is 46.6 Å². The van der Waals surface area contributed by atoms with E-state index < -0.39 is 11.7 Å². The molecule has 3 aromatic rings. The van der Waals surface area contributed by atoms with Crippen molar-refractivity contribution in [2.24, 2.45) is 0 Å². The smallest absolute Gasteiger partial charge is 0.407 e. The number of methoxy groups -OCH3 is 1. The van der Waals surface area contributed by atoms with Crippen molar-refractivity contribution in [1.82, 2.24) is 19.9 Å². The maximum Gasteiger partial charge on any atom is 0.407 e. The highest BCUT2D eigenvalue weighted by molar-refractivity contribution is 5.67. The third kappa shape index (κ3) is 5.62. The summed E-state index contributed by atoms with van der Waals surface area (Å²) >= 11 is 0. The van der Waals surface area contributed by atoms with Crippen molar-refractivity contribution < 1.29 is 19.0 Å². The summed E-state index contributed by atoms with van der Waals surface area (Å²) in [5.41, 5.74) is 2.95. The predicted octanol–water partition coefficient (Wildman–Crippen LogP) is 4.01. The zero-order valence-corrected chi connectivity index (χ0v) is 18.1. The summed E-state index contributed by atoms with van der Waals surface area (Å²) in [5.74, 6) is 1.26. The zero-order chi connectivity index (χ0) is 21.7. The van der Waals surface area contributed by atoms with E-state index in [0.29, 0.717) is 31.1 Å². The second-order valence-corrected chi connectivity index (χ2v) is 7.90. The van der Waals surface area contributed by atoms with Gasteiger partial charge in [-0.3, -0.25) is 0 Å². The predicted molar refractivity (Wildman–Crippen MR) is 114 cm³/mol. The van der Waals surface area contributed by atoms with Crippen molar-refractivity contribution >= 4 is 11.7 Å².